The van der Waals surface area contributed by atoms with Crippen molar-refractivity contribution in [3.63, 3.8) is 0 Å². The van der Waals surface area contributed by atoms with E-state index in [0.717, 1.165) is 31.3 Å². The van der Waals surface area contributed by atoms with Crippen LogP contribution in [0.5, 0.6) is 0 Å². The van der Waals surface area contributed by atoms with Crippen molar-refractivity contribution in [3.05, 3.63) is 11.8 Å². The van der Waals surface area contributed by atoms with Gasteiger partial charge in [0.15, 0.2) is 0 Å². The van der Waals surface area contributed by atoms with Crippen LogP contribution in [0.1, 0.15) is 30.5 Å². The van der Waals surface area contributed by atoms with Gasteiger partial charge in [0.2, 0.25) is 11.8 Å². The zero-order chi connectivity index (χ0) is 8.67. The molecule has 1 saturated carbocycles. The SMILES string of the molecule is C1NCC1Cc1nnc(C2CC2)o1. The van der Waals surface area contributed by atoms with Crippen LogP contribution in [0, 0.1) is 5.92 Å². The quantitative estimate of drug-likeness (QED) is 0.742. The van der Waals surface area contributed by atoms with E-state index >= 15 is 0 Å². The van der Waals surface area contributed by atoms with Gasteiger partial charge < -0.3 is 9.73 Å². The fourth-order valence-electron chi connectivity index (χ4n) is 1.58. The number of aromatic nitrogens is 2. The molecule has 0 amide bonds. The van der Waals surface area contributed by atoms with E-state index in [1.165, 1.54) is 12.8 Å². The first-order chi connectivity index (χ1) is 6.42. The molecule has 1 saturated heterocycles. The molecule has 1 aliphatic carbocycles. The summed E-state index contributed by atoms with van der Waals surface area (Å²) >= 11 is 0. The van der Waals surface area contributed by atoms with Crippen molar-refractivity contribution in [2.24, 2.45) is 5.92 Å². The van der Waals surface area contributed by atoms with Gasteiger partial charge in [0.25, 0.3) is 0 Å². The summed E-state index contributed by atoms with van der Waals surface area (Å²) in [5.74, 6) is 2.99. The van der Waals surface area contributed by atoms with Gasteiger partial charge in [-0.15, -0.1) is 10.2 Å². The molecule has 0 atom stereocenters. The second kappa shape index (κ2) is 2.80. The molecule has 70 valence electrons. The molecule has 3 rings (SSSR count). The Hall–Kier alpha value is -0.900. The summed E-state index contributed by atoms with van der Waals surface area (Å²) in [6, 6.07) is 0. The summed E-state index contributed by atoms with van der Waals surface area (Å²) in [7, 11) is 0. The molecular formula is C9H13N3O. The van der Waals surface area contributed by atoms with Crippen LogP contribution in [0.4, 0.5) is 0 Å². The second-order valence-corrected chi connectivity index (χ2v) is 4.04. The molecule has 0 radical (unpaired) electrons. The van der Waals surface area contributed by atoms with Crippen LogP contribution in [-0.4, -0.2) is 23.3 Å². The van der Waals surface area contributed by atoms with E-state index in [-0.39, 0.29) is 0 Å². The number of nitrogens with zero attached hydrogens (tertiary/aromatic N) is 2. The first-order valence-electron chi connectivity index (χ1n) is 4.95. The molecule has 0 aromatic carbocycles. The highest BCUT2D eigenvalue weighted by molar-refractivity contribution is 5.00. The van der Waals surface area contributed by atoms with Crippen molar-refractivity contribution in [2.45, 2.75) is 25.2 Å². The Labute approximate surface area is 76.7 Å². The fourth-order valence-corrected chi connectivity index (χ4v) is 1.58. The molecule has 2 fully saturated rings. The third kappa shape index (κ3) is 1.46. The van der Waals surface area contributed by atoms with Crippen LogP contribution in [0.3, 0.4) is 0 Å². The third-order valence-electron chi connectivity index (χ3n) is 2.74. The predicted octanol–water partition coefficient (Wildman–Crippen LogP) is 0.709. The Bertz CT molecular complexity index is 302. The molecule has 0 unspecified atom stereocenters. The van der Waals surface area contributed by atoms with Gasteiger partial charge in [-0.3, -0.25) is 0 Å². The van der Waals surface area contributed by atoms with E-state index in [2.05, 4.69) is 15.5 Å². The highest BCUT2D eigenvalue weighted by Crippen LogP contribution is 2.39. The lowest BCUT2D eigenvalue weighted by molar-refractivity contribution is 0.314. The lowest BCUT2D eigenvalue weighted by Crippen LogP contribution is -2.43. The fraction of sp³-hybridized carbons (Fsp3) is 0.778. The zero-order valence-corrected chi connectivity index (χ0v) is 7.49. The van der Waals surface area contributed by atoms with Crippen molar-refractivity contribution < 1.29 is 4.42 Å². The van der Waals surface area contributed by atoms with Gasteiger partial charge in [-0.1, -0.05) is 0 Å². The molecule has 1 aromatic rings. The number of hydrogen-bond acceptors (Lipinski definition) is 4. The molecule has 2 aliphatic rings. The standard InChI is InChI=1S/C9H13N3O/c1-2-7(1)9-12-11-8(13-9)3-6-4-10-5-6/h6-7,10H,1-5H2. The van der Waals surface area contributed by atoms with E-state index < -0.39 is 0 Å². The van der Waals surface area contributed by atoms with Crippen molar-refractivity contribution in [1.29, 1.82) is 0 Å². The summed E-state index contributed by atoms with van der Waals surface area (Å²) in [4.78, 5) is 0. The number of hydrogen-bond donors (Lipinski definition) is 1. The van der Waals surface area contributed by atoms with E-state index in [1.807, 2.05) is 0 Å². The van der Waals surface area contributed by atoms with E-state index in [1.54, 1.807) is 0 Å². The van der Waals surface area contributed by atoms with Gasteiger partial charge in [-0.2, -0.15) is 0 Å². The van der Waals surface area contributed by atoms with E-state index in [9.17, 15) is 0 Å². The Kier molecular flexibility index (Phi) is 1.62. The highest BCUT2D eigenvalue weighted by atomic mass is 16.4. The van der Waals surface area contributed by atoms with Gasteiger partial charge in [-0.05, 0) is 31.8 Å². The summed E-state index contributed by atoms with van der Waals surface area (Å²) < 4.78 is 5.56. The molecule has 0 bridgehead atoms. The summed E-state index contributed by atoms with van der Waals surface area (Å²) in [5.41, 5.74) is 0. The van der Waals surface area contributed by atoms with Crippen molar-refractivity contribution in [3.8, 4) is 0 Å². The minimum Gasteiger partial charge on any atom is -0.425 e. The van der Waals surface area contributed by atoms with Crippen molar-refractivity contribution in [1.82, 2.24) is 15.5 Å². The number of nitrogens with one attached hydrogen (secondary N) is 1. The van der Waals surface area contributed by atoms with E-state index in [0.29, 0.717) is 11.8 Å². The molecule has 4 nitrogen and oxygen atoms in total. The maximum absolute atomic E-state index is 5.56. The second-order valence-electron chi connectivity index (χ2n) is 4.04. The maximum Gasteiger partial charge on any atom is 0.219 e. The van der Waals surface area contributed by atoms with Crippen molar-refractivity contribution in [2.75, 3.05) is 13.1 Å². The summed E-state index contributed by atoms with van der Waals surface area (Å²) in [6.07, 6.45) is 3.41. The van der Waals surface area contributed by atoms with Gasteiger partial charge in [-0.25, -0.2) is 0 Å². The average Bonchev–Trinajstić information content (AvgIpc) is 2.80. The van der Waals surface area contributed by atoms with Crippen LogP contribution in [0.15, 0.2) is 4.42 Å². The zero-order valence-electron chi connectivity index (χ0n) is 7.49. The molecule has 1 N–H and O–H groups in total. The van der Waals surface area contributed by atoms with Crippen LogP contribution in [-0.2, 0) is 6.42 Å². The molecule has 13 heavy (non-hydrogen) atoms. The molecule has 2 heterocycles. The summed E-state index contributed by atoms with van der Waals surface area (Å²) in [5, 5.41) is 11.3. The van der Waals surface area contributed by atoms with Crippen LogP contribution < -0.4 is 5.32 Å². The third-order valence-corrected chi connectivity index (χ3v) is 2.74. The molecular weight excluding hydrogens is 166 g/mol. The number of rotatable bonds is 3. The smallest absolute Gasteiger partial charge is 0.219 e. The predicted molar refractivity (Wildman–Crippen MR) is 46.3 cm³/mol. The Morgan fingerprint density at radius 3 is 2.77 bits per heavy atom. The lowest BCUT2D eigenvalue weighted by Gasteiger charge is -2.25. The topological polar surface area (TPSA) is 51.0 Å². The van der Waals surface area contributed by atoms with Crippen LogP contribution >= 0.6 is 0 Å². The normalized spacial score (nSPS) is 23.1. The molecule has 4 heteroatoms. The first kappa shape index (κ1) is 7.50. The van der Waals surface area contributed by atoms with Crippen LogP contribution in [0.2, 0.25) is 0 Å². The van der Waals surface area contributed by atoms with Crippen LogP contribution in [0.25, 0.3) is 0 Å². The van der Waals surface area contributed by atoms with E-state index in [4.69, 9.17) is 4.42 Å². The molecule has 0 spiro atoms. The van der Waals surface area contributed by atoms with Gasteiger partial charge in [0.05, 0.1) is 0 Å². The largest absolute Gasteiger partial charge is 0.425 e. The minimum absolute atomic E-state index is 0.584. The average molecular weight is 179 g/mol. The van der Waals surface area contributed by atoms with Gasteiger partial charge in [0, 0.05) is 12.3 Å². The summed E-state index contributed by atoms with van der Waals surface area (Å²) in [6.45, 7) is 2.20. The monoisotopic (exact) mass is 179 g/mol. The highest BCUT2D eigenvalue weighted by Gasteiger charge is 2.30. The van der Waals surface area contributed by atoms with Gasteiger partial charge >= 0.3 is 0 Å². The minimum atomic E-state index is 0.584. The molecule has 1 aromatic heterocycles. The first-order valence-corrected chi connectivity index (χ1v) is 4.95. The molecule has 1 aliphatic heterocycles. The Morgan fingerprint density at radius 2 is 2.15 bits per heavy atom. The Morgan fingerprint density at radius 1 is 1.31 bits per heavy atom. The van der Waals surface area contributed by atoms with Gasteiger partial charge in [0.1, 0.15) is 0 Å². The Balaban J connectivity index is 1.66. The van der Waals surface area contributed by atoms with Crippen molar-refractivity contribution >= 4 is 0 Å². The lowest BCUT2D eigenvalue weighted by atomic mass is 10.00. The maximum atomic E-state index is 5.56.